The van der Waals surface area contributed by atoms with Crippen molar-refractivity contribution in [1.82, 2.24) is 0 Å². The largest absolute Gasteiger partial charge is 0.395 e. The first-order valence-electron chi connectivity index (χ1n) is 4.05. The molecule has 0 aromatic heterocycles. The quantitative estimate of drug-likeness (QED) is 0.267. The highest BCUT2D eigenvalue weighted by atomic mass is 32.2. The van der Waals surface area contributed by atoms with Gasteiger partial charge in [-0.1, -0.05) is 0 Å². The topological polar surface area (TPSA) is 178 Å². The van der Waals surface area contributed by atoms with E-state index < -0.39 is 46.2 Å². The van der Waals surface area contributed by atoms with Crippen molar-refractivity contribution in [3.05, 3.63) is 0 Å². The predicted molar refractivity (Wildman–Crippen MR) is 49.6 cm³/mol. The summed E-state index contributed by atoms with van der Waals surface area (Å²) in [6.07, 6.45) is -6.72. The lowest BCUT2D eigenvalue weighted by Gasteiger charge is -2.24. The van der Waals surface area contributed by atoms with Crippen LogP contribution >= 0.6 is 0 Å². The third kappa shape index (κ3) is 3.75. The first kappa shape index (κ1) is 15.4. The summed E-state index contributed by atoms with van der Waals surface area (Å²) in [6, 6.07) is -1.38. The highest BCUT2D eigenvalue weighted by molar-refractivity contribution is 8.01. The molecular weight excluding hydrogens is 246 g/mol. The van der Waals surface area contributed by atoms with Crippen molar-refractivity contribution in [3.63, 3.8) is 0 Å². The minimum absolute atomic E-state index is 0.759. The molecule has 0 rings (SSSR count). The molecule has 0 amide bonds. The van der Waals surface area contributed by atoms with Gasteiger partial charge in [-0.25, -0.2) is 0 Å². The Kier molecular flexibility index (Phi) is 5.41. The highest BCUT2D eigenvalue weighted by Crippen LogP contribution is 2.07. The third-order valence-electron chi connectivity index (χ3n) is 1.82. The van der Waals surface area contributed by atoms with Crippen molar-refractivity contribution in [1.29, 1.82) is 0 Å². The maximum atomic E-state index is 10.8. The van der Waals surface area contributed by atoms with Gasteiger partial charge < -0.3 is 26.2 Å². The van der Waals surface area contributed by atoms with E-state index in [1.54, 1.807) is 0 Å². The first-order valence-corrected chi connectivity index (χ1v) is 5.49. The van der Waals surface area contributed by atoms with Crippen molar-refractivity contribution in [3.8, 4) is 0 Å². The zero-order valence-corrected chi connectivity index (χ0v) is 8.78. The Balaban J connectivity index is 4.75. The molecule has 9 nitrogen and oxygen atoms in total. The standard InChI is InChI=1S/C6H13NO8S/c7-2(1-8)3(9)4(10)5(11)6(12)16(13,14)15/h2-5,8-11H,1,7H2,(H,13,14,15)/t2-,3-,4+,5-/m1/s1. The van der Waals surface area contributed by atoms with E-state index in [1.165, 1.54) is 0 Å². The third-order valence-corrected chi connectivity index (χ3v) is 2.57. The number of nitrogens with two attached hydrogens (primary N) is 1. The number of aliphatic hydroxyl groups excluding tert-OH is 4. The minimum atomic E-state index is -5.18. The fourth-order valence-electron chi connectivity index (χ4n) is 0.840. The van der Waals surface area contributed by atoms with Gasteiger partial charge in [0.05, 0.1) is 12.6 Å². The number of hydrogen-bond acceptors (Lipinski definition) is 8. The Hall–Kier alpha value is -0.620. The SMILES string of the molecule is N[C@H](CO)[C@@H](O)[C@H](O)[C@@H](O)C(=O)S(=O)(=O)O. The Morgan fingerprint density at radius 3 is 1.94 bits per heavy atom. The Morgan fingerprint density at radius 2 is 1.62 bits per heavy atom. The first-order chi connectivity index (χ1) is 7.12. The molecule has 4 atom stereocenters. The summed E-state index contributed by atoms with van der Waals surface area (Å²) in [4.78, 5) is 10.8. The normalized spacial score (nSPS) is 19.9. The van der Waals surface area contributed by atoms with Crippen molar-refractivity contribution >= 4 is 15.2 Å². The molecule has 0 aromatic carbocycles. The molecular formula is C6H13NO8S. The van der Waals surface area contributed by atoms with Crippen molar-refractivity contribution < 1.29 is 38.2 Å². The van der Waals surface area contributed by atoms with Crippen LogP contribution in [0.5, 0.6) is 0 Å². The van der Waals surface area contributed by atoms with E-state index in [4.69, 9.17) is 30.7 Å². The van der Waals surface area contributed by atoms with Crippen LogP contribution in [-0.4, -0.2) is 69.5 Å². The fourth-order valence-corrected chi connectivity index (χ4v) is 1.28. The van der Waals surface area contributed by atoms with Crippen LogP contribution in [0, 0.1) is 0 Å². The van der Waals surface area contributed by atoms with Crippen LogP contribution in [0.15, 0.2) is 0 Å². The van der Waals surface area contributed by atoms with E-state index in [-0.39, 0.29) is 0 Å². The van der Waals surface area contributed by atoms with Gasteiger partial charge in [0.15, 0.2) is 6.10 Å². The van der Waals surface area contributed by atoms with Gasteiger partial charge in [0, 0.05) is 0 Å². The van der Waals surface area contributed by atoms with Crippen LogP contribution in [-0.2, 0) is 14.9 Å². The summed E-state index contributed by atoms with van der Waals surface area (Å²) >= 11 is 0. The summed E-state index contributed by atoms with van der Waals surface area (Å²) < 4.78 is 28.9. The van der Waals surface area contributed by atoms with E-state index in [0.29, 0.717) is 0 Å². The Bertz CT molecular complexity index is 340. The van der Waals surface area contributed by atoms with Crippen molar-refractivity contribution in [2.75, 3.05) is 6.61 Å². The van der Waals surface area contributed by atoms with Crippen LogP contribution < -0.4 is 5.73 Å². The highest BCUT2D eigenvalue weighted by Gasteiger charge is 2.38. The smallest absolute Gasteiger partial charge is 0.331 e. The van der Waals surface area contributed by atoms with E-state index >= 15 is 0 Å². The number of carbonyl (C=O) groups excluding carboxylic acids is 1. The second-order valence-electron chi connectivity index (χ2n) is 3.07. The molecule has 0 aliphatic heterocycles. The predicted octanol–water partition coefficient (Wildman–Crippen LogP) is -4.20. The number of aliphatic hydroxyl groups is 4. The number of rotatable bonds is 5. The molecule has 0 radical (unpaired) electrons. The molecule has 0 saturated heterocycles. The second-order valence-corrected chi connectivity index (χ2v) is 4.42. The lowest BCUT2D eigenvalue weighted by atomic mass is 10.0. The van der Waals surface area contributed by atoms with E-state index in [1.807, 2.05) is 0 Å². The maximum absolute atomic E-state index is 10.8. The molecule has 0 fully saturated rings. The van der Waals surface area contributed by atoms with Gasteiger partial charge in [-0.05, 0) is 0 Å². The van der Waals surface area contributed by atoms with Crippen molar-refractivity contribution in [2.24, 2.45) is 5.73 Å². The molecule has 10 heteroatoms. The van der Waals surface area contributed by atoms with Crippen LogP contribution in [0.3, 0.4) is 0 Å². The van der Waals surface area contributed by atoms with Gasteiger partial charge in [-0.2, -0.15) is 8.42 Å². The average molecular weight is 259 g/mol. The zero-order valence-electron chi connectivity index (χ0n) is 7.96. The van der Waals surface area contributed by atoms with Crippen LogP contribution in [0.25, 0.3) is 0 Å². The molecule has 0 spiro atoms. The van der Waals surface area contributed by atoms with Crippen molar-refractivity contribution in [2.45, 2.75) is 24.4 Å². The molecule has 0 saturated carbocycles. The molecule has 0 aromatic rings. The summed E-state index contributed by atoms with van der Waals surface area (Å²) in [6.45, 7) is -0.759. The molecule has 0 aliphatic carbocycles. The Morgan fingerprint density at radius 1 is 1.19 bits per heavy atom. The molecule has 0 aliphatic rings. The molecule has 0 unspecified atom stereocenters. The van der Waals surface area contributed by atoms with E-state index in [9.17, 15) is 13.2 Å². The van der Waals surface area contributed by atoms with E-state index in [2.05, 4.69) is 0 Å². The van der Waals surface area contributed by atoms with Gasteiger partial charge in [-0.3, -0.25) is 9.35 Å². The number of hydrogen-bond donors (Lipinski definition) is 6. The van der Waals surface area contributed by atoms with Crippen LogP contribution in [0.2, 0.25) is 0 Å². The molecule has 7 N–H and O–H groups in total. The van der Waals surface area contributed by atoms with Crippen LogP contribution in [0.1, 0.15) is 0 Å². The Labute approximate surface area is 90.9 Å². The molecule has 0 bridgehead atoms. The molecule has 16 heavy (non-hydrogen) atoms. The van der Waals surface area contributed by atoms with Gasteiger partial charge in [0.1, 0.15) is 12.2 Å². The zero-order chi connectivity index (χ0) is 13.1. The number of carbonyl (C=O) groups is 1. The fraction of sp³-hybridized carbons (Fsp3) is 0.833. The molecule has 96 valence electrons. The monoisotopic (exact) mass is 259 g/mol. The lowest BCUT2D eigenvalue weighted by molar-refractivity contribution is -0.132. The average Bonchev–Trinajstić information content (AvgIpc) is 2.22. The van der Waals surface area contributed by atoms with Gasteiger partial charge in [0.2, 0.25) is 0 Å². The van der Waals surface area contributed by atoms with Gasteiger partial charge >= 0.3 is 15.2 Å². The maximum Gasteiger partial charge on any atom is 0.331 e. The summed E-state index contributed by atoms with van der Waals surface area (Å²) in [5.41, 5.74) is 5.07. The molecule has 0 heterocycles. The summed E-state index contributed by atoms with van der Waals surface area (Å²) in [7, 11) is -5.18. The summed E-state index contributed by atoms with van der Waals surface area (Å²) in [5, 5.41) is 33.7. The van der Waals surface area contributed by atoms with E-state index in [0.717, 1.165) is 0 Å². The van der Waals surface area contributed by atoms with Gasteiger partial charge in [-0.15, -0.1) is 0 Å². The minimum Gasteiger partial charge on any atom is -0.395 e. The summed E-state index contributed by atoms with van der Waals surface area (Å²) in [5.74, 6) is 0. The van der Waals surface area contributed by atoms with Crippen LogP contribution in [0.4, 0.5) is 0 Å². The second kappa shape index (κ2) is 5.63. The van der Waals surface area contributed by atoms with Gasteiger partial charge in [0.25, 0.3) is 0 Å². The lowest BCUT2D eigenvalue weighted by Crippen LogP contribution is -2.52.